The molecule has 0 spiro atoms. The molecule has 0 aliphatic heterocycles. The van der Waals surface area contributed by atoms with Gasteiger partial charge in [-0.3, -0.25) is 4.79 Å². The van der Waals surface area contributed by atoms with Crippen molar-refractivity contribution in [3.05, 3.63) is 35.9 Å². The van der Waals surface area contributed by atoms with Gasteiger partial charge < -0.3 is 15.2 Å². The number of rotatable bonds is 6. The highest BCUT2D eigenvalue weighted by molar-refractivity contribution is 5.71. The van der Waals surface area contributed by atoms with Crippen LogP contribution in [0.25, 0.3) is 0 Å². The summed E-state index contributed by atoms with van der Waals surface area (Å²) in [7, 11) is 0. The van der Waals surface area contributed by atoms with Gasteiger partial charge >= 0.3 is 5.97 Å². The fourth-order valence-corrected chi connectivity index (χ4v) is 1.51. The lowest BCUT2D eigenvalue weighted by molar-refractivity contribution is -0.142. The average molecular weight is 237 g/mol. The molecular weight excluding hydrogens is 218 g/mol. The van der Waals surface area contributed by atoms with E-state index in [0.717, 1.165) is 5.56 Å². The van der Waals surface area contributed by atoms with Crippen LogP contribution in [0.3, 0.4) is 0 Å². The molecule has 17 heavy (non-hydrogen) atoms. The lowest BCUT2D eigenvalue weighted by atomic mass is 10.0. The van der Waals surface area contributed by atoms with Crippen molar-refractivity contribution in [2.24, 2.45) is 0 Å². The molecule has 1 rings (SSSR count). The first kappa shape index (κ1) is 13.7. The number of benzene rings is 1. The molecule has 2 atom stereocenters. The van der Waals surface area contributed by atoms with Crippen LogP contribution in [0.2, 0.25) is 0 Å². The first-order valence-corrected chi connectivity index (χ1v) is 5.77. The van der Waals surface area contributed by atoms with Gasteiger partial charge in [0.2, 0.25) is 0 Å². The van der Waals surface area contributed by atoms with Gasteiger partial charge in [-0.2, -0.15) is 0 Å². The van der Waals surface area contributed by atoms with E-state index in [2.05, 4.69) is 5.32 Å². The first-order chi connectivity index (χ1) is 8.15. The minimum Gasteiger partial charge on any atom is -0.465 e. The van der Waals surface area contributed by atoms with Gasteiger partial charge in [-0.15, -0.1) is 0 Å². The van der Waals surface area contributed by atoms with Crippen LogP contribution in [0.4, 0.5) is 0 Å². The van der Waals surface area contributed by atoms with Crippen molar-refractivity contribution < 1.29 is 14.6 Å². The van der Waals surface area contributed by atoms with E-state index in [1.54, 1.807) is 6.92 Å². The molecule has 94 valence electrons. The van der Waals surface area contributed by atoms with E-state index in [4.69, 9.17) is 4.74 Å². The predicted octanol–water partition coefficient (Wildman–Crippen LogP) is 1.26. The van der Waals surface area contributed by atoms with Crippen LogP contribution in [-0.2, 0) is 9.53 Å². The number of nitrogens with one attached hydrogen (secondary N) is 1. The van der Waals surface area contributed by atoms with Crippen molar-refractivity contribution in [2.75, 3.05) is 13.2 Å². The molecule has 4 heteroatoms. The van der Waals surface area contributed by atoms with E-state index in [9.17, 15) is 9.90 Å². The number of hydrogen-bond acceptors (Lipinski definition) is 4. The average Bonchev–Trinajstić information content (AvgIpc) is 2.36. The lowest BCUT2D eigenvalue weighted by Gasteiger charge is -2.20. The molecule has 2 N–H and O–H groups in total. The van der Waals surface area contributed by atoms with Crippen molar-refractivity contribution in [2.45, 2.75) is 26.0 Å². The van der Waals surface area contributed by atoms with Crippen LogP contribution in [0, 0.1) is 0 Å². The number of hydrogen-bond donors (Lipinski definition) is 2. The predicted molar refractivity (Wildman–Crippen MR) is 65.5 cm³/mol. The molecule has 0 bridgehead atoms. The van der Waals surface area contributed by atoms with Gasteiger partial charge in [0.1, 0.15) is 0 Å². The zero-order chi connectivity index (χ0) is 12.7. The third kappa shape index (κ3) is 4.54. The maximum atomic E-state index is 11.1. The highest BCUT2D eigenvalue weighted by Crippen LogP contribution is 2.15. The van der Waals surface area contributed by atoms with Crippen LogP contribution in [0.5, 0.6) is 0 Å². The smallest absolute Gasteiger partial charge is 0.319 e. The monoisotopic (exact) mass is 237 g/mol. The van der Waals surface area contributed by atoms with Crippen LogP contribution in [0.1, 0.15) is 25.5 Å². The highest BCUT2D eigenvalue weighted by atomic mass is 16.5. The molecule has 0 saturated heterocycles. The largest absolute Gasteiger partial charge is 0.465 e. The summed E-state index contributed by atoms with van der Waals surface area (Å²) in [6.07, 6.45) is -0.634. The van der Waals surface area contributed by atoms with Crippen LogP contribution < -0.4 is 5.32 Å². The van der Waals surface area contributed by atoms with E-state index in [0.29, 0.717) is 6.61 Å². The number of carbonyl (C=O) groups excluding carboxylic acids is 1. The normalized spacial score (nSPS) is 14.1. The van der Waals surface area contributed by atoms with Crippen molar-refractivity contribution in [3.8, 4) is 0 Å². The molecule has 0 amide bonds. The van der Waals surface area contributed by atoms with Gasteiger partial charge in [-0.05, 0) is 19.4 Å². The van der Waals surface area contributed by atoms with E-state index in [1.807, 2.05) is 37.3 Å². The Balaban J connectivity index is 2.42. The van der Waals surface area contributed by atoms with Gasteiger partial charge in [-0.25, -0.2) is 0 Å². The summed E-state index contributed by atoms with van der Waals surface area (Å²) in [5.74, 6) is -0.306. The van der Waals surface area contributed by atoms with E-state index >= 15 is 0 Å². The van der Waals surface area contributed by atoms with Gasteiger partial charge in [-0.1, -0.05) is 30.3 Å². The molecule has 0 aliphatic rings. The minimum atomic E-state index is -0.634. The van der Waals surface area contributed by atoms with Crippen molar-refractivity contribution in [1.82, 2.24) is 5.32 Å². The van der Waals surface area contributed by atoms with Crippen molar-refractivity contribution in [3.63, 3.8) is 0 Å². The third-order valence-electron chi connectivity index (χ3n) is 2.49. The summed E-state index contributed by atoms with van der Waals surface area (Å²) < 4.78 is 4.79. The fraction of sp³-hybridized carbons (Fsp3) is 0.462. The van der Waals surface area contributed by atoms with Crippen molar-refractivity contribution in [1.29, 1.82) is 0 Å². The third-order valence-corrected chi connectivity index (χ3v) is 2.49. The lowest BCUT2D eigenvalue weighted by Crippen LogP contribution is -2.36. The molecule has 0 aromatic heterocycles. The Labute approximate surface area is 102 Å². The molecule has 0 saturated carbocycles. The van der Waals surface area contributed by atoms with Gasteiger partial charge in [0, 0.05) is 6.04 Å². The van der Waals surface area contributed by atoms with Gasteiger partial charge in [0.25, 0.3) is 0 Å². The molecule has 0 unspecified atom stereocenters. The first-order valence-electron chi connectivity index (χ1n) is 5.77. The Hall–Kier alpha value is -1.39. The maximum Gasteiger partial charge on any atom is 0.319 e. The molecule has 0 aliphatic carbocycles. The van der Waals surface area contributed by atoms with E-state index in [1.165, 1.54) is 0 Å². The minimum absolute atomic E-state index is 0.110. The number of carbonyl (C=O) groups is 1. The maximum absolute atomic E-state index is 11.1. The Kier molecular flexibility index (Phi) is 5.66. The Morgan fingerprint density at radius 1 is 1.41 bits per heavy atom. The summed E-state index contributed by atoms with van der Waals surface area (Å²) >= 11 is 0. The molecule has 0 heterocycles. The SMILES string of the molecule is CCOC(=O)CN[C@@H](C)[C@H](O)c1ccccc1. The topological polar surface area (TPSA) is 58.6 Å². The second kappa shape index (κ2) is 7.04. The summed E-state index contributed by atoms with van der Waals surface area (Å²) in [6.45, 7) is 4.08. The second-order valence-electron chi connectivity index (χ2n) is 3.83. The molecular formula is C13H19NO3. The zero-order valence-corrected chi connectivity index (χ0v) is 10.2. The molecule has 4 nitrogen and oxygen atoms in total. The number of ether oxygens (including phenoxy) is 1. The second-order valence-corrected chi connectivity index (χ2v) is 3.83. The quantitative estimate of drug-likeness (QED) is 0.731. The standard InChI is InChI=1S/C13H19NO3/c1-3-17-12(15)9-14-10(2)13(16)11-7-5-4-6-8-11/h4-8,10,13-14,16H,3,9H2,1-2H3/t10-,13-/m0/s1. The number of aliphatic hydroxyl groups is 1. The number of esters is 1. The molecule has 0 fully saturated rings. The summed E-state index contributed by atoms with van der Waals surface area (Å²) in [6, 6.07) is 9.14. The van der Waals surface area contributed by atoms with E-state index in [-0.39, 0.29) is 18.6 Å². The van der Waals surface area contributed by atoms with Gasteiger partial charge in [0.15, 0.2) is 0 Å². The summed E-state index contributed by atoms with van der Waals surface area (Å²) in [5.41, 5.74) is 0.830. The van der Waals surface area contributed by atoms with Crippen LogP contribution in [0.15, 0.2) is 30.3 Å². The number of aliphatic hydroxyl groups excluding tert-OH is 1. The van der Waals surface area contributed by atoms with E-state index < -0.39 is 6.10 Å². The Bertz CT molecular complexity index is 340. The van der Waals surface area contributed by atoms with Crippen molar-refractivity contribution >= 4 is 5.97 Å². The van der Waals surface area contributed by atoms with Crippen LogP contribution in [-0.4, -0.2) is 30.3 Å². The Morgan fingerprint density at radius 3 is 2.65 bits per heavy atom. The zero-order valence-electron chi connectivity index (χ0n) is 10.2. The molecule has 0 radical (unpaired) electrons. The Morgan fingerprint density at radius 2 is 2.06 bits per heavy atom. The fourth-order valence-electron chi connectivity index (χ4n) is 1.51. The van der Waals surface area contributed by atoms with Crippen LogP contribution >= 0.6 is 0 Å². The summed E-state index contributed by atoms with van der Waals surface area (Å²) in [4.78, 5) is 11.1. The summed E-state index contributed by atoms with van der Waals surface area (Å²) in [5, 5.41) is 13.0. The van der Waals surface area contributed by atoms with Gasteiger partial charge in [0.05, 0.1) is 19.3 Å². The molecule has 1 aromatic rings. The highest BCUT2D eigenvalue weighted by Gasteiger charge is 2.16. The molecule has 1 aromatic carbocycles.